The SMILES string of the molecule is Cc1ccc(C)c(S(=O)(=O)Nc2ccc(Nc3cc(N(C)C)nc(C)n3)cc2)c1. The molecule has 0 bridgehead atoms. The van der Waals surface area contributed by atoms with Crippen LogP contribution in [0.5, 0.6) is 0 Å². The molecular formula is C21H25N5O2S. The Labute approximate surface area is 171 Å². The van der Waals surface area contributed by atoms with Crippen LogP contribution in [0.1, 0.15) is 17.0 Å². The van der Waals surface area contributed by atoms with Crippen molar-refractivity contribution >= 4 is 33.0 Å². The highest BCUT2D eigenvalue weighted by Crippen LogP contribution is 2.23. The Kier molecular flexibility index (Phi) is 5.74. The summed E-state index contributed by atoms with van der Waals surface area (Å²) in [7, 11) is 0.183. The normalized spacial score (nSPS) is 11.2. The van der Waals surface area contributed by atoms with Crippen molar-refractivity contribution in [3.8, 4) is 0 Å². The molecule has 0 amide bonds. The lowest BCUT2D eigenvalue weighted by atomic mass is 10.2. The van der Waals surface area contributed by atoms with Crippen LogP contribution in [0.15, 0.2) is 53.4 Å². The molecule has 0 saturated carbocycles. The third-order valence-corrected chi connectivity index (χ3v) is 5.85. The summed E-state index contributed by atoms with van der Waals surface area (Å²) < 4.78 is 28.1. The predicted molar refractivity (Wildman–Crippen MR) is 118 cm³/mol. The van der Waals surface area contributed by atoms with Gasteiger partial charge in [-0.2, -0.15) is 0 Å². The van der Waals surface area contributed by atoms with Crippen LogP contribution in [-0.4, -0.2) is 32.5 Å². The summed E-state index contributed by atoms with van der Waals surface area (Å²) in [6.45, 7) is 5.49. The average Bonchev–Trinajstić information content (AvgIpc) is 2.64. The van der Waals surface area contributed by atoms with Gasteiger partial charge in [0.05, 0.1) is 4.90 Å². The molecule has 0 radical (unpaired) electrons. The molecule has 3 rings (SSSR count). The number of aryl methyl sites for hydroxylation is 3. The van der Waals surface area contributed by atoms with Crippen molar-refractivity contribution in [2.45, 2.75) is 25.7 Å². The van der Waals surface area contributed by atoms with Gasteiger partial charge in [-0.25, -0.2) is 18.4 Å². The van der Waals surface area contributed by atoms with E-state index >= 15 is 0 Å². The van der Waals surface area contributed by atoms with E-state index in [9.17, 15) is 8.42 Å². The molecule has 1 aromatic heterocycles. The number of rotatable bonds is 6. The second-order valence-corrected chi connectivity index (χ2v) is 8.78. The van der Waals surface area contributed by atoms with Gasteiger partial charge in [0.2, 0.25) is 0 Å². The van der Waals surface area contributed by atoms with Gasteiger partial charge >= 0.3 is 0 Å². The molecule has 0 aliphatic carbocycles. The van der Waals surface area contributed by atoms with Crippen molar-refractivity contribution < 1.29 is 8.42 Å². The molecule has 0 atom stereocenters. The van der Waals surface area contributed by atoms with Crippen molar-refractivity contribution in [3.05, 3.63) is 65.5 Å². The molecule has 0 unspecified atom stereocenters. The fourth-order valence-corrected chi connectivity index (χ4v) is 4.21. The highest BCUT2D eigenvalue weighted by molar-refractivity contribution is 7.92. The maximum absolute atomic E-state index is 12.7. The van der Waals surface area contributed by atoms with Gasteiger partial charge in [-0.05, 0) is 62.2 Å². The third-order valence-electron chi connectivity index (χ3n) is 4.33. The Balaban J connectivity index is 1.78. The summed E-state index contributed by atoms with van der Waals surface area (Å²) in [6, 6.07) is 14.3. The summed E-state index contributed by atoms with van der Waals surface area (Å²) in [4.78, 5) is 11.0. The number of hydrogen-bond acceptors (Lipinski definition) is 6. The lowest BCUT2D eigenvalue weighted by Crippen LogP contribution is -2.14. The second-order valence-electron chi connectivity index (χ2n) is 7.13. The van der Waals surface area contributed by atoms with Crippen LogP contribution in [0.25, 0.3) is 0 Å². The average molecular weight is 412 g/mol. The Hall–Kier alpha value is -3.13. The molecule has 3 aromatic rings. The van der Waals surface area contributed by atoms with Crippen LogP contribution in [-0.2, 0) is 10.0 Å². The number of aromatic nitrogens is 2. The molecule has 7 nitrogen and oxygen atoms in total. The fraction of sp³-hybridized carbons (Fsp3) is 0.238. The van der Waals surface area contributed by atoms with E-state index in [4.69, 9.17) is 0 Å². The zero-order valence-corrected chi connectivity index (χ0v) is 18.0. The lowest BCUT2D eigenvalue weighted by molar-refractivity contribution is 0.600. The van der Waals surface area contributed by atoms with E-state index in [-0.39, 0.29) is 4.90 Å². The van der Waals surface area contributed by atoms with E-state index < -0.39 is 10.0 Å². The lowest BCUT2D eigenvalue weighted by Gasteiger charge is -2.14. The molecule has 0 aliphatic rings. The first-order valence-corrected chi connectivity index (χ1v) is 10.6. The van der Waals surface area contributed by atoms with Gasteiger partial charge in [0, 0.05) is 31.5 Å². The van der Waals surface area contributed by atoms with Gasteiger partial charge < -0.3 is 10.2 Å². The van der Waals surface area contributed by atoms with Gasteiger partial charge in [0.15, 0.2) is 0 Å². The van der Waals surface area contributed by atoms with E-state index in [1.165, 1.54) is 0 Å². The van der Waals surface area contributed by atoms with Crippen molar-refractivity contribution in [1.82, 2.24) is 9.97 Å². The highest BCUT2D eigenvalue weighted by Gasteiger charge is 2.17. The molecule has 8 heteroatoms. The summed E-state index contributed by atoms with van der Waals surface area (Å²) in [5, 5.41) is 3.22. The Morgan fingerprint density at radius 3 is 2.17 bits per heavy atom. The maximum Gasteiger partial charge on any atom is 0.262 e. The monoisotopic (exact) mass is 411 g/mol. The molecule has 1 heterocycles. The van der Waals surface area contributed by atoms with Crippen LogP contribution in [0.2, 0.25) is 0 Å². The van der Waals surface area contributed by atoms with Gasteiger partial charge in [-0.15, -0.1) is 0 Å². The van der Waals surface area contributed by atoms with E-state index in [1.807, 2.05) is 51.0 Å². The molecular weight excluding hydrogens is 386 g/mol. The van der Waals surface area contributed by atoms with Crippen LogP contribution in [0.3, 0.4) is 0 Å². The number of hydrogen-bond donors (Lipinski definition) is 2. The molecule has 2 N–H and O–H groups in total. The molecule has 0 saturated heterocycles. The first-order valence-electron chi connectivity index (χ1n) is 9.14. The zero-order valence-electron chi connectivity index (χ0n) is 17.2. The van der Waals surface area contributed by atoms with E-state index in [2.05, 4.69) is 20.0 Å². The van der Waals surface area contributed by atoms with Crippen molar-refractivity contribution in [1.29, 1.82) is 0 Å². The number of anilines is 4. The van der Waals surface area contributed by atoms with Crippen molar-refractivity contribution in [2.24, 2.45) is 0 Å². The molecule has 0 fully saturated rings. The van der Waals surface area contributed by atoms with Gasteiger partial charge in [0.1, 0.15) is 17.5 Å². The van der Waals surface area contributed by atoms with E-state index in [0.717, 1.165) is 17.1 Å². The molecule has 2 aromatic carbocycles. The third kappa shape index (κ3) is 5.03. The summed E-state index contributed by atoms with van der Waals surface area (Å²) >= 11 is 0. The Morgan fingerprint density at radius 1 is 0.862 bits per heavy atom. The second kappa shape index (κ2) is 8.08. The smallest absolute Gasteiger partial charge is 0.262 e. The van der Waals surface area contributed by atoms with Gasteiger partial charge in [0.25, 0.3) is 10.0 Å². The number of sulfonamides is 1. The zero-order chi connectivity index (χ0) is 21.2. The minimum atomic E-state index is -3.66. The highest BCUT2D eigenvalue weighted by atomic mass is 32.2. The first-order chi connectivity index (χ1) is 13.6. The largest absolute Gasteiger partial charge is 0.363 e. The van der Waals surface area contributed by atoms with Gasteiger partial charge in [-0.1, -0.05) is 12.1 Å². The standard InChI is InChI=1S/C21H25N5O2S/c1-14-6-7-15(2)19(12-14)29(27,28)25-18-10-8-17(9-11-18)24-20-13-21(26(4)5)23-16(3)22-20/h6-13,25H,1-5H3,(H,22,23,24). The van der Waals surface area contributed by atoms with Crippen LogP contribution in [0.4, 0.5) is 23.0 Å². The number of nitrogens with zero attached hydrogens (tertiary/aromatic N) is 3. The Morgan fingerprint density at radius 2 is 1.52 bits per heavy atom. The quantitative estimate of drug-likeness (QED) is 0.637. The van der Waals surface area contributed by atoms with E-state index in [1.54, 1.807) is 37.3 Å². The summed E-state index contributed by atoms with van der Waals surface area (Å²) in [6.07, 6.45) is 0. The number of nitrogens with one attached hydrogen (secondary N) is 2. The molecule has 0 spiro atoms. The molecule has 29 heavy (non-hydrogen) atoms. The van der Waals surface area contributed by atoms with Crippen molar-refractivity contribution in [2.75, 3.05) is 29.0 Å². The van der Waals surface area contributed by atoms with Crippen LogP contribution < -0.4 is 14.9 Å². The first kappa shape index (κ1) is 20.6. The number of benzene rings is 2. The van der Waals surface area contributed by atoms with Crippen LogP contribution >= 0.6 is 0 Å². The Bertz CT molecular complexity index is 1130. The van der Waals surface area contributed by atoms with Crippen molar-refractivity contribution in [3.63, 3.8) is 0 Å². The topological polar surface area (TPSA) is 87.2 Å². The summed E-state index contributed by atoms with van der Waals surface area (Å²) in [5.74, 6) is 2.14. The molecule has 152 valence electrons. The van der Waals surface area contributed by atoms with Gasteiger partial charge in [-0.3, -0.25) is 4.72 Å². The minimum absolute atomic E-state index is 0.285. The minimum Gasteiger partial charge on any atom is -0.363 e. The molecule has 0 aliphatic heterocycles. The van der Waals surface area contributed by atoms with E-state index in [0.29, 0.717) is 22.9 Å². The summed E-state index contributed by atoms with van der Waals surface area (Å²) in [5.41, 5.74) is 2.89. The van der Waals surface area contributed by atoms with Crippen LogP contribution in [0, 0.1) is 20.8 Å². The maximum atomic E-state index is 12.7. The predicted octanol–water partition coefficient (Wildman–Crippen LogP) is 4.01. The fourth-order valence-electron chi connectivity index (χ4n) is 2.82.